The molecular formula is C12H16ClNO3. The van der Waals surface area contributed by atoms with Crippen LogP contribution in [0.1, 0.15) is 30.5 Å². The summed E-state index contributed by atoms with van der Waals surface area (Å²) in [7, 11) is 0. The van der Waals surface area contributed by atoms with E-state index in [1.165, 1.54) is 0 Å². The van der Waals surface area contributed by atoms with Crippen LogP contribution in [0.15, 0.2) is 12.1 Å². The van der Waals surface area contributed by atoms with Crippen LogP contribution in [0.5, 0.6) is 5.75 Å². The Labute approximate surface area is 105 Å². The lowest BCUT2D eigenvalue weighted by Crippen LogP contribution is -2.16. The van der Waals surface area contributed by atoms with Crippen LogP contribution in [0.25, 0.3) is 0 Å². The average molecular weight is 258 g/mol. The topological polar surface area (TPSA) is 72.5 Å². The molecule has 0 bridgehead atoms. The molecule has 0 aliphatic carbocycles. The van der Waals surface area contributed by atoms with Gasteiger partial charge in [0.25, 0.3) is 0 Å². The average Bonchev–Trinajstić information content (AvgIpc) is 2.22. The highest BCUT2D eigenvalue weighted by Gasteiger charge is 2.17. The second-order valence-electron chi connectivity index (χ2n) is 3.78. The van der Waals surface area contributed by atoms with Gasteiger partial charge in [0.15, 0.2) is 0 Å². The molecule has 4 nitrogen and oxygen atoms in total. The van der Waals surface area contributed by atoms with Gasteiger partial charge in [-0.3, -0.25) is 4.79 Å². The van der Waals surface area contributed by atoms with Crippen LogP contribution >= 0.6 is 11.6 Å². The zero-order valence-electron chi connectivity index (χ0n) is 9.87. The first-order valence-electron chi connectivity index (χ1n) is 5.36. The molecule has 1 unspecified atom stereocenters. The Hall–Kier alpha value is -1.26. The minimum atomic E-state index is -0.948. The third kappa shape index (κ3) is 3.61. The molecule has 0 aliphatic rings. The van der Waals surface area contributed by atoms with Gasteiger partial charge in [-0.2, -0.15) is 0 Å². The maximum Gasteiger partial charge on any atom is 0.305 e. The second-order valence-corrected chi connectivity index (χ2v) is 4.18. The third-order valence-electron chi connectivity index (χ3n) is 2.38. The maximum atomic E-state index is 10.7. The van der Waals surface area contributed by atoms with Crippen LogP contribution in [-0.2, 0) is 4.79 Å². The minimum absolute atomic E-state index is 0.153. The van der Waals surface area contributed by atoms with Crippen LogP contribution in [0.2, 0.25) is 5.02 Å². The fourth-order valence-electron chi connectivity index (χ4n) is 1.54. The number of hydrogen-bond donors (Lipinski definition) is 2. The molecule has 0 saturated heterocycles. The van der Waals surface area contributed by atoms with Gasteiger partial charge in [0.1, 0.15) is 5.75 Å². The fraction of sp³-hybridized carbons (Fsp3) is 0.417. The quantitative estimate of drug-likeness (QED) is 0.850. The summed E-state index contributed by atoms with van der Waals surface area (Å²) in [6.45, 7) is 4.21. The van der Waals surface area contributed by atoms with Crippen LogP contribution in [0, 0.1) is 6.92 Å². The fourth-order valence-corrected chi connectivity index (χ4v) is 1.71. The lowest BCUT2D eigenvalue weighted by molar-refractivity contribution is -0.137. The number of aryl methyl sites for hydroxylation is 1. The maximum absolute atomic E-state index is 10.7. The molecule has 0 spiro atoms. The minimum Gasteiger partial charge on any atom is -0.494 e. The van der Waals surface area contributed by atoms with Crippen molar-refractivity contribution in [3.8, 4) is 5.75 Å². The molecule has 1 atom stereocenters. The first kappa shape index (κ1) is 13.8. The zero-order valence-corrected chi connectivity index (χ0v) is 10.6. The van der Waals surface area contributed by atoms with E-state index in [1.807, 2.05) is 13.8 Å². The van der Waals surface area contributed by atoms with Crippen LogP contribution in [0.4, 0.5) is 0 Å². The molecule has 1 aromatic carbocycles. The van der Waals surface area contributed by atoms with Crippen molar-refractivity contribution in [1.82, 2.24) is 0 Å². The number of aliphatic carboxylic acids is 1. The molecular weight excluding hydrogens is 242 g/mol. The van der Waals surface area contributed by atoms with E-state index in [0.717, 1.165) is 5.56 Å². The lowest BCUT2D eigenvalue weighted by Gasteiger charge is -2.16. The number of halogens is 1. The second kappa shape index (κ2) is 5.89. The van der Waals surface area contributed by atoms with E-state index in [4.69, 9.17) is 27.2 Å². The molecule has 0 saturated carbocycles. The molecule has 17 heavy (non-hydrogen) atoms. The number of benzene rings is 1. The Morgan fingerprint density at radius 1 is 1.59 bits per heavy atom. The highest BCUT2D eigenvalue weighted by atomic mass is 35.5. The predicted molar refractivity (Wildman–Crippen MR) is 66.5 cm³/mol. The number of carbonyl (C=O) groups is 1. The molecule has 0 amide bonds. The van der Waals surface area contributed by atoms with Crippen molar-refractivity contribution in [2.24, 2.45) is 5.73 Å². The Balaban J connectivity index is 3.10. The highest BCUT2D eigenvalue weighted by molar-refractivity contribution is 6.31. The van der Waals surface area contributed by atoms with Crippen molar-refractivity contribution >= 4 is 17.6 Å². The molecule has 0 radical (unpaired) electrons. The van der Waals surface area contributed by atoms with Crippen LogP contribution < -0.4 is 10.5 Å². The molecule has 1 rings (SSSR count). The third-order valence-corrected chi connectivity index (χ3v) is 2.79. The van der Waals surface area contributed by atoms with Crippen molar-refractivity contribution in [2.45, 2.75) is 26.3 Å². The van der Waals surface area contributed by atoms with Crippen LogP contribution in [0.3, 0.4) is 0 Å². The Morgan fingerprint density at radius 3 is 2.76 bits per heavy atom. The normalized spacial score (nSPS) is 12.2. The first-order valence-corrected chi connectivity index (χ1v) is 5.73. The summed E-state index contributed by atoms with van der Waals surface area (Å²) in [4.78, 5) is 10.7. The van der Waals surface area contributed by atoms with Crippen LogP contribution in [-0.4, -0.2) is 17.7 Å². The number of carboxylic acid groups (broad SMARTS) is 1. The van der Waals surface area contributed by atoms with Gasteiger partial charge < -0.3 is 15.6 Å². The van der Waals surface area contributed by atoms with Crippen molar-refractivity contribution in [1.29, 1.82) is 0 Å². The highest BCUT2D eigenvalue weighted by Crippen LogP contribution is 2.31. The van der Waals surface area contributed by atoms with E-state index in [2.05, 4.69) is 0 Å². The molecule has 0 fully saturated rings. The summed E-state index contributed by atoms with van der Waals surface area (Å²) in [5.41, 5.74) is 7.33. The number of carboxylic acids is 1. The summed E-state index contributed by atoms with van der Waals surface area (Å²) in [6.07, 6.45) is -0.153. The van der Waals surface area contributed by atoms with E-state index in [1.54, 1.807) is 12.1 Å². The van der Waals surface area contributed by atoms with Crippen molar-refractivity contribution in [3.05, 3.63) is 28.3 Å². The largest absolute Gasteiger partial charge is 0.494 e. The van der Waals surface area contributed by atoms with Gasteiger partial charge in [-0.1, -0.05) is 11.6 Å². The van der Waals surface area contributed by atoms with E-state index in [-0.39, 0.29) is 6.42 Å². The zero-order chi connectivity index (χ0) is 13.0. The Morgan fingerprint density at radius 2 is 2.24 bits per heavy atom. The van der Waals surface area contributed by atoms with Gasteiger partial charge in [0.05, 0.1) is 13.0 Å². The van der Waals surface area contributed by atoms with Gasteiger partial charge in [0.2, 0.25) is 0 Å². The van der Waals surface area contributed by atoms with Crippen molar-refractivity contribution in [3.63, 3.8) is 0 Å². The molecule has 0 aromatic heterocycles. The van der Waals surface area contributed by atoms with Crippen molar-refractivity contribution < 1.29 is 14.6 Å². The van der Waals surface area contributed by atoms with Crippen molar-refractivity contribution in [2.75, 3.05) is 6.61 Å². The summed E-state index contributed by atoms with van der Waals surface area (Å²) in [6, 6.07) is 2.84. The summed E-state index contributed by atoms with van der Waals surface area (Å²) < 4.78 is 5.44. The smallest absolute Gasteiger partial charge is 0.305 e. The van der Waals surface area contributed by atoms with E-state index >= 15 is 0 Å². The lowest BCUT2D eigenvalue weighted by atomic mass is 10.0. The number of ether oxygens (including phenoxy) is 1. The van der Waals surface area contributed by atoms with Gasteiger partial charge >= 0.3 is 5.97 Å². The van der Waals surface area contributed by atoms with Gasteiger partial charge in [-0.05, 0) is 31.5 Å². The monoisotopic (exact) mass is 257 g/mol. The van der Waals surface area contributed by atoms with E-state index < -0.39 is 12.0 Å². The van der Waals surface area contributed by atoms with Gasteiger partial charge in [0, 0.05) is 16.6 Å². The molecule has 94 valence electrons. The first-order chi connectivity index (χ1) is 7.95. The number of rotatable bonds is 5. The number of hydrogen-bond acceptors (Lipinski definition) is 3. The molecule has 0 aliphatic heterocycles. The standard InChI is InChI=1S/C12H16ClNO3/c1-3-17-11-4-7(2)9(13)5-8(11)10(14)6-12(15)16/h4-5,10H,3,6,14H2,1-2H3,(H,15,16). The van der Waals surface area contributed by atoms with Gasteiger partial charge in [-0.15, -0.1) is 0 Å². The SMILES string of the molecule is CCOc1cc(C)c(Cl)cc1C(N)CC(=O)O. The summed E-state index contributed by atoms with van der Waals surface area (Å²) in [5, 5.41) is 9.30. The number of nitrogens with two attached hydrogens (primary N) is 1. The van der Waals surface area contributed by atoms with E-state index in [9.17, 15) is 4.79 Å². The Kier molecular flexibility index (Phi) is 4.78. The predicted octanol–water partition coefficient (Wildman–Crippen LogP) is 2.52. The Bertz CT molecular complexity index is 420. The van der Waals surface area contributed by atoms with E-state index in [0.29, 0.717) is 22.9 Å². The molecule has 5 heteroatoms. The summed E-state index contributed by atoms with van der Waals surface area (Å²) in [5.74, 6) is -0.347. The molecule has 0 heterocycles. The molecule has 3 N–H and O–H groups in total. The van der Waals surface area contributed by atoms with Gasteiger partial charge in [-0.25, -0.2) is 0 Å². The summed E-state index contributed by atoms with van der Waals surface area (Å²) >= 11 is 6.01. The molecule has 1 aromatic rings.